The number of nitrogen functional groups attached to an aromatic ring is 1. The Morgan fingerprint density at radius 3 is 2.72 bits per heavy atom. The highest BCUT2D eigenvalue weighted by Gasteiger charge is 2.21. The molecule has 1 saturated heterocycles. The van der Waals surface area contributed by atoms with E-state index in [0.29, 0.717) is 36.0 Å². The number of carbonyl (C=O) groups is 1. The number of nitrogens with zero attached hydrogens (tertiary/aromatic N) is 2. The predicted molar refractivity (Wildman–Crippen MR) is 71.8 cm³/mol. The molecule has 2 rings (SSSR count). The van der Waals surface area contributed by atoms with Crippen molar-refractivity contribution in [2.75, 3.05) is 30.3 Å². The van der Waals surface area contributed by atoms with E-state index >= 15 is 0 Å². The minimum absolute atomic E-state index is 0.0458. The number of aryl methyl sites for hydroxylation is 1. The Morgan fingerprint density at radius 1 is 1.44 bits per heavy atom. The first-order valence-electron chi connectivity index (χ1n) is 6.01. The van der Waals surface area contributed by atoms with E-state index in [-0.39, 0.29) is 5.91 Å². The van der Waals surface area contributed by atoms with E-state index in [9.17, 15) is 9.00 Å². The van der Waals surface area contributed by atoms with Crippen LogP contribution in [0.2, 0.25) is 0 Å². The molecule has 0 aliphatic carbocycles. The lowest BCUT2D eigenvalue weighted by atomic mass is 10.1. The van der Waals surface area contributed by atoms with Gasteiger partial charge in [-0.25, -0.2) is 4.98 Å². The predicted octanol–water partition coefficient (Wildman–Crippen LogP) is 0.431. The first kappa shape index (κ1) is 13.0. The van der Waals surface area contributed by atoms with Gasteiger partial charge in [0, 0.05) is 46.7 Å². The topological polar surface area (TPSA) is 76.3 Å². The maximum Gasteiger partial charge on any atom is 0.254 e. The fourth-order valence-corrected chi connectivity index (χ4v) is 2.99. The highest BCUT2D eigenvalue weighted by atomic mass is 32.2. The van der Waals surface area contributed by atoms with Gasteiger partial charge in [0.05, 0.1) is 0 Å². The Morgan fingerprint density at radius 2 is 2.11 bits per heavy atom. The number of amides is 1. The number of rotatable bonds is 2. The molecule has 0 radical (unpaired) electrons. The summed E-state index contributed by atoms with van der Waals surface area (Å²) in [5.74, 6) is 1.45. The first-order valence-corrected chi connectivity index (χ1v) is 7.49. The largest absolute Gasteiger partial charge is 0.384 e. The molecule has 1 aromatic rings. The van der Waals surface area contributed by atoms with Crippen LogP contribution in [-0.4, -0.2) is 44.6 Å². The quantitative estimate of drug-likeness (QED) is 0.843. The molecular weight excluding hydrogens is 250 g/mol. The van der Waals surface area contributed by atoms with Gasteiger partial charge in [-0.3, -0.25) is 9.00 Å². The normalized spacial score (nSPS) is 16.8. The minimum atomic E-state index is -0.775. The van der Waals surface area contributed by atoms with E-state index in [1.807, 2.05) is 6.92 Å². The number of nitrogens with two attached hydrogens (primary N) is 1. The summed E-state index contributed by atoms with van der Waals surface area (Å²) in [5.41, 5.74) is 7.09. The van der Waals surface area contributed by atoms with Crippen LogP contribution in [0.5, 0.6) is 0 Å². The molecule has 0 bridgehead atoms. The number of anilines is 1. The van der Waals surface area contributed by atoms with Gasteiger partial charge >= 0.3 is 0 Å². The van der Waals surface area contributed by atoms with Crippen molar-refractivity contribution in [1.82, 2.24) is 9.88 Å². The van der Waals surface area contributed by atoms with Crippen LogP contribution >= 0.6 is 0 Å². The van der Waals surface area contributed by atoms with Crippen molar-refractivity contribution in [2.24, 2.45) is 0 Å². The summed E-state index contributed by atoms with van der Waals surface area (Å²) in [4.78, 5) is 18.2. The standard InChI is InChI=1S/C12H17N3O2S/c1-2-10-7-9(8-11(13)14-10)12(16)15-3-5-18(17)6-4-15/h7-8H,2-6H2,1H3,(H2,13,14). The maximum absolute atomic E-state index is 12.3. The molecule has 2 N–H and O–H groups in total. The van der Waals surface area contributed by atoms with E-state index < -0.39 is 10.8 Å². The average Bonchev–Trinajstić information content (AvgIpc) is 2.38. The lowest BCUT2D eigenvalue weighted by Crippen LogP contribution is -2.41. The molecule has 0 unspecified atom stereocenters. The number of carbonyl (C=O) groups excluding carboxylic acids is 1. The lowest BCUT2D eigenvalue weighted by molar-refractivity contribution is 0.0771. The molecule has 1 aromatic heterocycles. The van der Waals surface area contributed by atoms with Crippen molar-refractivity contribution in [2.45, 2.75) is 13.3 Å². The van der Waals surface area contributed by atoms with Crippen molar-refractivity contribution in [3.8, 4) is 0 Å². The molecule has 0 atom stereocenters. The molecular formula is C12H17N3O2S. The fraction of sp³-hybridized carbons (Fsp3) is 0.500. The first-order chi connectivity index (χ1) is 8.60. The summed E-state index contributed by atoms with van der Waals surface area (Å²) in [6.07, 6.45) is 0.745. The van der Waals surface area contributed by atoms with Gasteiger partial charge in [-0.1, -0.05) is 6.92 Å². The van der Waals surface area contributed by atoms with Crippen LogP contribution < -0.4 is 5.73 Å². The lowest BCUT2D eigenvalue weighted by Gasteiger charge is -2.26. The average molecular weight is 267 g/mol. The smallest absolute Gasteiger partial charge is 0.254 e. The maximum atomic E-state index is 12.3. The third-order valence-electron chi connectivity index (χ3n) is 2.97. The Bertz CT molecular complexity index is 480. The van der Waals surface area contributed by atoms with Crippen LogP contribution in [-0.2, 0) is 17.2 Å². The Kier molecular flexibility index (Phi) is 3.96. The fourth-order valence-electron chi connectivity index (χ4n) is 1.94. The molecule has 2 heterocycles. The van der Waals surface area contributed by atoms with Gasteiger partial charge in [-0.2, -0.15) is 0 Å². The molecule has 6 heteroatoms. The van der Waals surface area contributed by atoms with Crippen LogP contribution in [0.3, 0.4) is 0 Å². The Labute approximate surface area is 109 Å². The zero-order valence-electron chi connectivity index (χ0n) is 10.4. The van der Waals surface area contributed by atoms with Crippen molar-refractivity contribution < 1.29 is 9.00 Å². The Hall–Kier alpha value is -1.43. The summed E-state index contributed by atoms with van der Waals surface area (Å²) in [6.45, 7) is 3.07. The van der Waals surface area contributed by atoms with Gasteiger partial charge in [0.15, 0.2) is 0 Å². The molecule has 98 valence electrons. The Balaban J connectivity index is 2.18. The van der Waals surface area contributed by atoms with Crippen LogP contribution in [0.15, 0.2) is 12.1 Å². The molecule has 5 nitrogen and oxygen atoms in total. The van der Waals surface area contributed by atoms with E-state index in [1.54, 1.807) is 17.0 Å². The summed E-state index contributed by atoms with van der Waals surface area (Å²) in [6, 6.07) is 3.39. The molecule has 0 spiro atoms. The van der Waals surface area contributed by atoms with Crippen LogP contribution in [0.25, 0.3) is 0 Å². The number of pyridine rings is 1. The van der Waals surface area contributed by atoms with E-state index in [1.165, 1.54) is 0 Å². The van der Waals surface area contributed by atoms with Gasteiger partial charge in [0.2, 0.25) is 0 Å². The minimum Gasteiger partial charge on any atom is -0.384 e. The van der Waals surface area contributed by atoms with E-state index in [2.05, 4.69) is 4.98 Å². The highest BCUT2D eigenvalue weighted by Crippen LogP contribution is 2.13. The number of hydrogen-bond donors (Lipinski definition) is 1. The van der Waals surface area contributed by atoms with E-state index in [4.69, 9.17) is 5.73 Å². The van der Waals surface area contributed by atoms with Crippen LogP contribution in [0.1, 0.15) is 23.0 Å². The zero-order chi connectivity index (χ0) is 13.1. The van der Waals surface area contributed by atoms with Gasteiger partial charge in [-0.15, -0.1) is 0 Å². The third kappa shape index (κ3) is 2.87. The highest BCUT2D eigenvalue weighted by molar-refractivity contribution is 7.85. The van der Waals surface area contributed by atoms with Crippen LogP contribution in [0, 0.1) is 0 Å². The van der Waals surface area contributed by atoms with Gasteiger partial charge < -0.3 is 10.6 Å². The van der Waals surface area contributed by atoms with Gasteiger partial charge in [0.1, 0.15) is 5.82 Å². The monoisotopic (exact) mass is 267 g/mol. The van der Waals surface area contributed by atoms with Crippen LogP contribution in [0.4, 0.5) is 5.82 Å². The summed E-state index contributed by atoms with van der Waals surface area (Å²) >= 11 is 0. The second kappa shape index (κ2) is 5.48. The van der Waals surface area contributed by atoms with Crippen molar-refractivity contribution in [1.29, 1.82) is 0 Å². The summed E-state index contributed by atoms with van der Waals surface area (Å²) < 4.78 is 11.3. The number of hydrogen-bond acceptors (Lipinski definition) is 4. The molecule has 1 aliphatic rings. The summed E-state index contributed by atoms with van der Waals surface area (Å²) in [7, 11) is -0.775. The SMILES string of the molecule is CCc1cc(C(=O)N2CCS(=O)CC2)cc(N)n1. The molecule has 18 heavy (non-hydrogen) atoms. The zero-order valence-corrected chi connectivity index (χ0v) is 11.2. The number of aromatic nitrogens is 1. The van der Waals surface area contributed by atoms with Crippen molar-refractivity contribution in [3.05, 3.63) is 23.4 Å². The van der Waals surface area contributed by atoms with Gasteiger partial charge in [0.25, 0.3) is 5.91 Å². The molecule has 1 aliphatic heterocycles. The van der Waals surface area contributed by atoms with Crippen molar-refractivity contribution in [3.63, 3.8) is 0 Å². The van der Waals surface area contributed by atoms with Crippen molar-refractivity contribution >= 4 is 22.5 Å². The second-order valence-electron chi connectivity index (χ2n) is 4.27. The molecule has 1 amide bonds. The molecule has 0 aromatic carbocycles. The molecule has 0 saturated carbocycles. The third-order valence-corrected chi connectivity index (χ3v) is 4.25. The summed E-state index contributed by atoms with van der Waals surface area (Å²) in [5, 5.41) is 0. The molecule has 1 fully saturated rings. The van der Waals surface area contributed by atoms with Gasteiger partial charge in [-0.05, 0) is 18.6 Å². The van der Waals surface area contributed by atoms with E-state index in [0.717, 1.165) is 12.1 Å². The second-order valence-corrected chi connectivity index (χ2v) is 5.96.